The molecule has 7 nitrogen and oxygen atoms in total. The molecule has 2 aliphatic heterocycles. The van der Waals surface area contributed by atoms with Crippen LogP contribution >= 0.6 is 34.8 Å². The van der Waals surface area contributed by atoms with E-state index in [9.17, 15) is 13.2 Å². The predicted molar refractivity (Wildman–Crippen MR) is 182 cm³/mol. The third kappa shape index (κ3) is 9.37. The van der Waals surface area contributed by atoms with Crippen LogP contribution in [0.4, 0.5) is 0 Å². The molecule has 0 bridgehead atoms. The van der Waals surface area contributed by atoms with Crippen molar-refractivity contribution < 1.29 is 17.9 Å². The first-order valence-corrected chi connectivity index (χ1v) is 19.1. The fourth-order valence-corrected chi connectivity index (χ4v) is 10.7. The van der Waals surface area contributed by atoms with Gasteiger partial charge in [0.25, 0.3) is 0 Å². The molecule has 2 heterocycles. The molecule has 1 saturated carbocycles. The number of nitrogens with one attached hydrogen (secondary N) is 1. The lowest BCUT2D eigenvalue weighted by atomic mass is 9.78. The molecule has 2 saturated heterocycles. The lowest BCUT2D eigenvalue weighted by Gasteiger charge is -2.42. The summed E-state index contributed by atoms with van der Waals surface area (Å²) in [6, 6.07) is 13.9. The molecule has 2 atom stereocenters. The van der Waals surface area contributed by atoms with E-state index in [2.05, 4.69) is 40.5 Å². The third-order valence-electron chi connectivity index (χ3n) is 9.76. The number of carbonyl (C=O) groups is 1. The van der Waals surface area contributed by atoms with E-state index in [1.54, 1.807) is 0 Å². The second-order valence-corrected chi connectivity index (χ2v) is 15.9. The number of likely N-dealkylation sites (tertiary alicyclic amines) is 1. The topological polar surface area (TPSA) is 78.9 Å². The molecule has 1 N–H and O–H groups in total. The maximum absolute atomic E-state index is 13.6. The van der Waals surface area contributed by atoms with Gasteiger partial charge in [0.05, 0.1) is 16.7 Å². The van der Waals surface area contributed by atoms with Crippen molar-refractivity contribution in [3.05, 3.63) is 63.1 Å². The highest BCUT2D eigenvalue weighted by molar-refractivity contribution is 7.89. The number of hydrogen-bond acceptors (Lipinski definition) is 5. The van der Waals surface area contributed by atoms with Gasteiger partial charge in [-0.1, -0.05) is 78.0 Å². The van der Waals surface area contributed by atoms with Gasteiger partial charge in [-0.25, -0.2) is 8.42 Å². The van der Waals surface area contributed by atoms with Gasteiger partial charge in [0, 0.05) is 29.7 Å². The monoisotopic (exact) mass is 697 g/mol. The van der Waals surface area contributed by atoms with Gasteiger partial charge in [0.1, 0.15) is 11.5 Å². The molecule has 0 spiro atoms. The van der Waals surface area contributed by atoms with Crippen LogP contribution in [-0.4, -0.2) is 74.5 Å². The minimum atomic E-state index is -3.98. The molecule has 248 valence electrons. The normalized spacial score (nSPS) is 24.3. The molecule has 2 unspecified atom stereocenters. The van der Waals surface area contributed by atoms with Crippen molar-refractivity contribution in [2.45, 2.75) is 100 Å². The van der Waals surface area contributed by atoms with Crippen molar-refractivity contribution in [2.24, 2.45) is 5.92 Å². The Labute approximate surface area is 284 Å². The number of nitrogens with zero attached hydrogens (tertiary/aromatic N) is 2. The summed E-state index contributed by atoms with van der Waals surface area (Å²) < 4.78 is 34.4. The molecule has 0 aromatic heterocycles. The van der Waals surface area contributed by atoms with Crippen LogP contribution < -0.4 is 5.32 Å². The van der Waals surface area contributed by atoms with Crippen LogP contribution in [-0.2, 0) is 26.0 Å². The Morgan fingerprint density at radius 3 is 2.24 bits per heavy atom. The van der Waals surface area contributed by atoms with Gasteiger partial charge < -0.3 is 15.0 Å². The van der Waals surface area contributed by atoms with Crippen molar-refractivity contribution >= 4 is 50.7 Å². The van der Waals surface area contributed by atoms with Crippen molar-refractivity contribution in [1.82, 2.24) is 14.5 Å². The second-order valence-electron chi connectivity index (χ2n) is 12.8. The zero-order chi connectivity index (χ0) is 31.8. The summed E-state index contributed by atoms with van der Waals surface area (Å²) in [7, 11) is -3.98. The van der Waals surface area contributed by atoms with E-state index in [-0.39, 0.29) is 45.1 Å². The highest BCUT2D eigenvalue weighted by atomic mass is 35.5. The SMILES string of the molecule is O=C(COCC1CCCCN1S(=O)(=O)c1c(Cl)cc(Cl)cc1Cl)NC1CCC(C(CCc2ccccc2)N2CCCCC2)CC1. The average Bonchev–Trinajstić information content (AvgIpc) is 3.02. The van der Waals surface area contributed by atoms with E-state index in [4.69, 9.17) is 39.5 Å². The maximum atomic E-state index is 13.6. The molecule has 2 aromatic rings. The molecule has 5 rings (SSSR count). The fourth-order valence-electron chi connectivity index (χ4n) is 7.48. The first kappa shape index (κ1) is 34.9. The van der Waals surface area contributed by atoms with Crippen molar-refractivity contribution in [1.29, 1.82) is 0 Å². The number of hydrogen-bond donors (Lipinski definition) is 1. The molecule has 1 amide bonds. The Bertz CT molecular complexity index is 1340. The molecular weight excluding hydrogens is 653 g/mol. The molecule has 1 aliphatic carbocycles. The van der Waals surface area contributed by atoms with Gasteiger partial charge in [0.15, 0.2) is 0 Å². The zero-order valence-corrected chi connectivity index (χ0v) is 29.0. The lowest BCUT2D eigenvalue weighted by molar-refractivity contribution is -0.127. The van der Waals surface area contributed by atoms with Crippen LogP contribution in [0.25, 0.3) is 0 Å². The van der Waals surface area contributed by atoms with E-state index >= 15 is 0 Å². The molecule has 0 radical (unpaired) electrons. The van der Waals surface area contributed by atoms with Gasteiger partial charge in [-0.05, 0) is 101 Å². The predicted octanol–water partition coefficient (Wildman–Crippen LogP) is 7.37. The van der Waals surface area contributed by atoms with Crippen molar-refractivity contribution in [3.63, 3.8) is 0 Å². The van der Waals surface area contributed by atoms with Gasteiger partial charge in [-0.3, -0.25) is 4.79 Å². The van der Waals surface area contributed by atoms with Crippen LogP contribution in [0, 0.1) is 5.92 Å². The summed E-state index contributed by atoms with van der Waals surface area (Å²) in [5.41, 5.74) is 1.41. The summed E-state index contributed by atoms with van der Waals surface area (Å²) in [5.74, 6) is 0.502. The summed E-state index contributed by atoms with van der Waals surface area (Å²) >= 11 is 18.5. The van der Waals surface area contributed by atoms with Crippen LogP contribution in [0.3, 0.4) is 0 Å². The lowest BCUT2D eigenvalue weighted by Crippen LogP contribution is -2.48. The molecule has 45 heavy (non-hydrogen) atoms. The number of aryl methyl sites for hydroxylation is 1. The highest BCUT2D eigenvalue weighted by Crippen LogP contribution is 2.37. The minimum Gasteiger partial charge on any atom is -0.370 e. The minimum absolute atomic E-state index is 0.00900. The summed E-state index contributed by atoms with van der Waals surface area (Å²) in [4.78, 5) is 15.5. The van der Waals surface area contributed by atoms with Crippen LogP contribution in [0.2, 0.25) is 15.1 Å². The Hall–Kier alpha value is -1.39. The molecule has 3 aliphatic rings. The van der Waals surface area contributed by atoms with Crippen molar-refractivity contribution in [2.75, 3.05) is 32.8 Å². The van der Waals surface area contributed by atoms with Gasteiger partial charge in [-0.15, -0.1) is 0 Å². The van der Waals surface area contributed by atoms with E-state index in [1.807, 2.05) is 0 Å². The summed E-state index contributed by atoms with van der Waals surface area (Å²) in [6.07, 6.45) is 12.6. The van der Waals surface area contributed by atoms with Crippen LogP contribution in [0.15, 0.2) is 47.4 Å². The first-order chi connectivity index (χ1) is 21.7. The smallest absolute Gasteiger partial charge is 0.246 e. The largest absolute Gasteiger partial charge is 0.370 e. The molecule has 2 aromatic carbocycles. The number of carbonyl (C=O) groups excluding carboxylic acids is 1. The fraction of sp³-hybridized carbons (Fsp3) is 0.618. The number of piperidine rings is 2. The first-order valence-electron chi connectivity index (χ1n) is 16.5. The number of sulfonamides is 1. The Balaban J connectivity index is 1.10. The Morgan fingerprint density at radius 1 is 0.889 bits per heavy atom. The van der Waals surface area contributed by atoms with E-state index in [0.717, 1.165) is 44.9 Å². The molecule has 3 fully saturated rings. The maximum Gasteiger partial charge on any atom is 0.246 e. The Morgan fingerprint density at radius 2 is 1.56 bits per heavy atom. The van der Waals surface area contributed by atoms with E-state index in [0.29, 0.717) is 24.9 Å². The third-order valence-corrected chi connectivity index (χ3v) is 12.9. The molecular formula is C34H46Cl3N3O4S. The van der Waals surface area contributed by atoms with Crippen LogP contribution in [0.5, 0.6) is 0 Å². The number of benzene rings is 2. The number of amides is 1. The average molecular weight is 699 g/mol. The summed E-state index contributed by atoms with van der Waals surface area (Å²) in [6.45, 7) is 2.77. The number of ether oxygens (including phenoxy) is 1. The number of rotatable bonds is 12. The standard InChI is InChI=1S/C34H46Cl3N3O4S/c35-27-21-30(36)34(31(37)22-27)45(42,43)40-20-8-5-11-29(40)23-44-24-33(41)38-28-15-13-26(14-16-28)32(39-18-6-2-7-19-39)17-12-25-9-3-1-4-10-25/h1,3-4,9-10,21-22,26,28-29,32H,2,5-8,11-20,23-24H2,(H,38,41). The quantitative estimate of drug-likeness (QED) is 0.251. The highest BCUT2D eigenvalue weighted by Gasteiger charge is 2.37. The van der Waals surface area contributed by atoms with Gasteiger partial charge in [-0.2, -0.15) is 4.31 Å². The van der Waals surface area contributed by atoms with Gasteiger partial charge >= 0.3 is 0 Å². The van der Waals surface area contributed by atoms with Crippen LogP contribution in [0.1, 0.15) is 76.2 Å². The molecule has 11 heteroatoms. The number of halogens is 3. The van der Waals surface area contributed by atoms with E-state index < -0.39 is 16.1 Å². The van der Waals surface area contributed by atoms with Gasteiger partial charge in [0.2, 0.25) is 15.9 Å². The second kappa shape index (κ2) is 16.6. The van der Waals surface area contributed by atoms with Crippen molar-refractivity contribution in [3.8, 4) is 0 Å². The Kier molecular flexibility index (Phi) is 12.9. The van der Waals surface area contributed by atoms with E-state index in [1.165, 1.54) is 60.8 Å². The summed E-state index contributed by atoms with van der Waals surface area (Å²) in [5, 5.41) is 3.44. The zero-order valence-electron chi connectivity index (χ0n) is 25.9.